The lowest BCUT2D eigenvalue weighted by atomic mass is 10.1. The van der Waals surface area contributed by atoms with Gasteiger partial charge in [0.05, 0.1) is 6.61 Å². The molecule has 0 atom stereocenters. The highest BCUT2D eigenvalue weighted by Crippen LogP contribution is 2.20. The number of rotatable bonds is 4. The van der Waals surface area contributed by atoms with E-state index in [2.05, 4.69) is 27.0 Å². The average molecular weight is 277 g/mol. The first kappa shape index (κ1) is 13.6. The highest BCUT2D eigenvalue weighted by atomic mass is 32.2. The van der Waals surface area contributed by atoms with Gasteiger partial charge in [-0.15, -0.1) is 0 Å². The second-order valence-electron chi connectivity index (χ2n) is 3.66. The second kappa shape index (κ2) is 6.92. The molecule has 0 aliphatic carbocycles. The molecule has 98 valence electrons. The lowest BCUT2D eigenvalue weighted by Gasteiger charge is -2.01. The highest BCUT2D eigenvalue weighted by molar-refractivity contribution is 7.98. The minimum Gasteiger partial charge on any atom is -0.395 e. The van der Waals surface area contributed by atoms with Gasteiger partial charge in [-0.3, -0.25) is 5.10 Å². The Bertz CT molecular complexity index is 590. The fourth-order valence-electron chi connectivity index (χ4n) is 1.37. The molecule has 0 spiro atoms. The number of nitrogens with zero attached hydrogens (tertiary/aromatic N) is 2. The Kier molecular flexibility index (Phi) is 4.95. The molecule has 0 saturated heterocycles. The van der Waals surface area contributed by atoms with Crippen molar-refractivity contribution < 1.29 is 9.50 Å². The Labute approximate surface area is 114 Å². The fraction of sp³-hybridized carbons (Fsp3) is 0.231. The van der Waals surface area contributed by atoms with E-state index in [9.17, 15) is 4.39 Å². The zero-order valence-corrected chi connectivity index (χ0v) is 10.9. The third-order valence-electron chi connectivity index (χ3n) is 2.28. The standard InChI is InChI=1S/C13H12FN3OS/c14-12-7-10(3-1-2-6-18)4-5-11(12)8-19-13-15-9-16-17-13/h4-5,7,9,18H,2,6,8H2,(H,15,16,17). The van der Waals surface area contributed by atoms with Gasteiger partial charge in [0.1, 0.15) is 12.1 Å². The molecule has 2 rings (SSSR count). The number of nitrogens with one attached hydrogen (secondary N) is 1. The van der Waals surface area contributed by atoms with E-state index >= 15 is 0 Å². The van der Waals surface area contributed by atoms with Crippen LogP contribution in [0.1, 0.15) is 17.5 Å². The van der Waals surface area contributed by atoms with Gasteiger partial charge in [-0.1, -0.05) is 29.7 Å². The number of thioether (sulfide) groups is 1. The van der Waals surface area contributed by atoms with Gasteiger partial charge in [0.15, 0.2) is 5.16 Å². The molecule has 0 amide bonds. The minimum absolute atomic E-state index is 0.0153. The summed E-state index contributed by atoms with van der Waals surface area (Å²) >= 11 is 1.38. The summed E-state index contributed by atoms with van der Waals surface area (Å²) in [6, 6.07) is 4.88. The summed E-state index contributed by atoms with van der Waals surface area (Å²) in [5.41, 5.74) is 1.20. The summed E-state index contributed by atoms with van der Waals surface area (Å²) in [6.07, 6.45) is 1.81. The zero-order valence-electron chi connectivity index (χ0n) is 10.1. The monoisotopic (exact) mass is 277 g/mol. The van der Waals surface area contributed by atoms with E-state index < -0.39 is 0 Å². The van der Waals surface area contributed by atoms with E-state index in [1.165, 1.54) is 24.2 Å². The predicted octanol–water partition coefficient (Wildman–Crippen LogP) is 1.97. The van der Waals surface area contributed by atoms with Crippen molar-refractivity contribution in [3.63, 3.8) is 0 Å². The molecular weight excluding hydrogens is 265 g/mol. The van der Waals surface area contributed by atoms with Crippen LogP contribution < -0.4 is 0 Å². The number of hydrogen-bond acceptors (Lipinski definition) is 4. The van der Waals surface area contributed by atoms with Gasteiger partial charge in [0.2, 0.25) is 0 Å². The molecule has 0 fully saturated rings. The largest absolute Gasteiger partial charge is 0.395 e. The molecule has 19 heavy (non-hydrogen) atoms. The molecule has 0 radical (unpaired) electrons. The Morgan fingerprint density at radius 2 is 2.32 bits per heavy atom. The lowest BCUT2D eigenvalue weighted by molar-refractivity contribution is 0.305. The third-order valence-corrected chi connectivity index (χ3v) is 3.21. The molecule has 1 heterocycles. The summed E-state index contributed by atoms with van der Waals surface area (Å²) < 4.78 is 13.8. The number of aromatic nitrogens is 3. The van der Waals surface area contributed by atoms with Crippen molar-refractivity contribution in [1.29, 1.82) is 0 Å². The number of aliphatic hydroxyl groups excluding tert-OH is 1. The van der Waals surface area contributed by atoms with Gasteiger partial charge in [-0.25, -0.2) is 9.37 Å². The van der Waals surface area contributed by atoms with E-state index in [1.54, 1.807) is 12.1 Å². The molecule has 0 bridgehead atoms. The molecule has 4 nitrogen and oxygen atoms in total. The topological polar surface area (TPSA) is 61.8 Å². The Morgan fingerprint density at radius 3 is 3.00 bits per heavy atom. The Morgan fingerprint density at radius 1 is 1.42 bits per heavy atom. The number of aliphatic hydroxyl groups is 1. The lowest BCUT2D eigenvalue weighted by Crippen LogP contribution is -1.90. The smallest absolute Gasteiger partial charge is 0.183 e. The molecule has 0 aliphatic heterocycles. The first-order valence-electron chi connectivity index (χ1n) is 5.66. The number of aromatic amines is 1. The van der Waals surface area contributed by atoms with Crippen molar-refractivity contribution in [3.05, 3.63) is 41.5 Å². The van der Waals surface area contributed by atoms with Gasteiger partial charge in [0.25, 0.3) is 0 Å². The predicted molar refractivity (Wildman–Crippen MR) is 70.9 cm³/mol. The van der Waals surface area contributed by atoms with E-state index in [-0.39, 0.29) is 12.4 Å². The quantitative estimate of drug-likeness (QED) is 0.662. The minimum atomic E-state index is -0.289. The van der Waals surface area contributed by atoms with Crippen LogP contribution in [0.5, 0.6) is 0 Å². The normalized spacial score (nSPS) is 10.0. The molecule has 1 aromatic carbocycles. The van der Waals surface area contributed by atoms with E-state index in [4.69, 9.17) is 5.11 Å². The molecule has 0 unspecified atom stereocenters. The Balaban J connectivity index is 2.01. The van der Waals surface area contributed by atoms with Crippen molar-refractivity contribution in [3.8, 4) is 11.8 Å². The number of benzene rings is 1. The molecular formula is C13H12FN3OS. The SMILES string of the molecule is OCCC#Cc1ccc(CSc2ncn[nH]2)c(F)c1. The summed E-state index contributed by atoms with van der Waals surface area (Å²) in [5.74, 6) is 5.74. The van der Waals surface area contributed by atoms with Crippen molar-refractivity contribution >= 4 is 11.8 Å². The van der Waals surface area contributed by atoms with Crippen LogP contribution in [-0.2, 0) is 5.75 Å². The van der Waals surface area contributed by atoms with Gasteiger partial charge in [-0.2, -0.15) is 5.10 Å². The maximum Gasteiger partial charge on any atom is 0.183 e. The second-order valence-corrected chi connectivity index (χ2v) is 4.62. The van der Waals surface area contributed by atoms with Crippen molar-refractivity contribution in [2.24, 2.45) is 0 Å². The van der Waals surface area contributed by atoms with Gasteiger partial charge >= 0.3 is 0 Å². The maximum absolute atomic E-state index is 13.8. The summed E-state index contributed by atoms with van der Waals surface area (Å²) in [6.45, 7) is 0.0153. The number of hydrogen-bond donors (Lipinski definition) is 2. The van der Waals surface area contributed by atoms with Crippen LogP contribution in [0.15, 0.2) is 29.7 Å². The zero-order chi connectivity index (χ0) is 13.5. The molecule has 6 heteroatoms. The molecule has 2 N–H and O–H groups in total. The maximum atomic E-state index is 13.8. The fourth-order valence-corrected chi connectivity index (χ4v) is 2.14. The average Bonchev–Trinajstić information content (AvgIpc) is 2.91. The Hall–Kier alpha value is -1.84. The van der Waals surface area contributed by atoms with Crippen LogP contribution in [0.2, 0.25) is 0 Å². The van der Waals surface area contributed by atoms with Crippen LogP contribution in [0, 0.1) is 17.7 Å². The number of H-pyrrole nitrogens is 1. The van der Waals surface area contributed by atoms with Crippen LogP contribution in [0.4, 0.5) is 4.39 Å². The molecule has 0 saturated carbocycles. The van der Waals surface area contributed by atoms with E-state index in [1.807, 2.05) is 0 Å². The summed E-state index contributed by atoms with van der Waals surface area (Å²) in [4.78, 5) is 3.96. The summed E-state index contributed by atoms with van der Waals surface area (Å²) in [7, 11) is 0. The van der Waals surface area contributed by atoms with Crippen LogP contribution in [-0.4, -0.2) is 26.9 Å². The van der Waals surface area contributed by atoms with Crippen LogP contribution in [0.25, 0.3) is 0 Å². The van der Waals surface area contributed by atoms with Gasteiger partial charge < -0.3 is 5.11 Å². The van der Waals surface area contributed by atoms with E-state index in [0.717, 1.165) is 0 Å². The van der Waals surface area contributed by atoms with E-state index in [0.29, 0.717) is 28.5 Å². The van der Waals surface area contributed by atoms with Crippen molar-refractivity contribution in [1.82, 2.24) is 15.2 Å². The van der Waals surface area contributed by atoms with Crippen LogP contribution in [0.3, 0.4) is 0 Å². The molecule has 1 aromatic heterocycles. The summed E-state index contributed by atoms with van der Waals surface area (Å²) in [5, 5.41) is 15.7. The molecule has 2 aromatic rings. The van der Waals surface area contributed by atoms with Gasteiger partial charge in [-0.05, 0) is 17.7 Å². The van der Waals surface area contributed by atoms with Crippen molar-refractivity contribution in [2.45, 2.75) is 17.3 Å². The first-order chi connectivity index (χ1) is 9.29. The van der Waals surface area contributed by atoms with Crippen molar-refractivity contribution in [2.75, 3.05) is 6.61 Å². The first-order valence-corrected chi connectivity index (χ1v) is 6.64. The third kappa shape index (κ3) is 4.09. The highest BCUT2D eigenvalue weighted by Gasteiger charge is 2.05. The van der Waals surface area contributed by atoms with Crippen LogP contribution >= 0.6 is 11.8 Å². The molecule has 0 aliphatic rings. The van der Waals surface area contributed by atoms with Gasteiger partial charge in [0, 0.05) is 17.7 Å². The number of halogens is 1.